The van der Waals surface area contributed by atoms with Crippen molar-refractivity contribution in [3.05, 3.63) is 101 Å². The SMILES string of the molecule is COC(=O)c1ccc([C@H]2N(C(=O)OCc3ccccc3)[C@@]23COc2ccccc2C3=O)cc1. The Hall–Kier alpha value is -4.13. The molecule has 7 heteroatoms. The largest absolute Gasteiger partial charge is 0.490 e. The predicted molar refractivity (Wildman–Crippen MR) is 118 cm³/mol. The summed E-state index contributed by atoms with van der Waals surface area (Å²) in [7, 11) is 1.31. The summed E-state index contributed by atoms with van der Waals surface area (Å²) in [6, 6.07) is 22.4. The van der Waals surface area contributed by atoms with Crippen LogP contribution in [0.5, 0.6) is 5.75 Å². The Balaban J connectivity index is 1.46. The molecule has 2 atom stereocenters. The van der Waals surface area contributed by atoms with Gasteiger partial charge >= 0.3 is 12.1 Å². The molecule has 0 aliphatic carbocycles. The molecule has 5 rings (SSSR count). The monoisotopic (exact) mass is 443 g/mol. The van der Waals surface area contributed by atoms with E-state index < -0.39 is 23.6 Å². The number of carbonyl (C=O) groups excluding carboxylic acids is 3. The zero-order valence-corrected chi connectivity index (χ0v) is 17.9. The van der Waals surface area contributed by atoms with Crippen molar-refractivity contribution in [2.45, 2.75) is 18.2 Å². The zero-order valence-electron chi connectivity index (χ0n) is 17.9. The Morgan fingerprint density at radius 1 is 1.00 bits per heavy atom. The van der Waals surface area contributed by atoms with Crippen LogP contribution in [0.4, 0.5) is 4.79 Å². The van der Waals surface area contributed by atoms with Crippen molar-refractivity contribution in [1.82, 2.24) is 4.90 Å². The topological polar surface area (TPSA) is 81.9 Å². The number of ether oxygens (including phenoxy) is 3. The van der Waals surface area contributed by atoms with Gasteiger partial charge in [0.25, 0.3) is 0 Å². The molecule has 3 aromatic carbocycles. The lowest BCUT2D eigenvalue weighted by molar-refractivity contribution is 0.0600. The second kappa shape index (κ2) is 8.09. The minimum absolute atomic E-state index is 0.0205. The van der Waals surface area contributed by atoms with Gasteiger partial charge in [-0.3, -0.25) is 9.69 Å². The second-order valence-electron chi connectivity index (χ2n) is 7.96. The molecule has 1 saturated heterocycles. The summed E-state index contributed by atoms with van der Waals surface area (Å²) >= 11 is 0. The summed E-state index contributed by atoms with van der Waals surface area (Å²) < 4.78 is 16.2. The molecule has 166 valence electrons. The van der Waals surface area contributed by atoms with Gasteiger partial charge in [0.1, 0.15) is 19.0 Å². The number of rotatable bonds is 4. The van der Waals surface area contributed by atoms with E-state index in [1.54, 1.807) is 48.5 Å². The van der Waals surface area contributed by atoms with E-state index >= 15 is 0 Å². The second-order valence-corrected chi connectivity index (χ2v) is 7.96. The van der Waals surface area contributed by atoms with Gasteiger partial charge in [0.2, 0.25) is 0 Å². The van der Waals surface area contributed by atoms with Gasteiger partial charge < -0.3 is 14.2 Å². The molecular weight excluding hydrogens is 422 g/mol. The first kappa shape index (κ1) is 20.8. The standard InChI is InChI=1S/C26H21NO6/c1-31-24(29)19-13-11-18(12-14-19)22-26(16-33-21-10-6-5-9-20(21)23(26)28)27(22)25(30)32-15-17-7-3-2-4-8-17/h2-14,22H,15-16H2,1H3/t22-,26+,27?/m1/s1. The number of hydrogen-bond acceptors (Lipinski definition) is 6. The van der Waals surface area contributed by atoms with Gasteiger partial charge in [0.15, 0.2) is 11.3 Å². The summed E-state index contributed by atoms with van der Waals surface area (Å²) in [5.41, 5.74) is 1.16. The van der Waals surface area contributed by atoms with Crippen LogP contribution in [-0.4, -0.2) is 42.0 Å². The Kier molecular flexibility index (Phi) is 5.09. The predicted octanol–water partition coefficient (Wildman–Crippen LogP) is 4.18. The molecule has 1 fully saturated rings. The number of ketones is 1. The molecule has 3 aromatic rings. The van der Waals surface area contributed by atoms with Gasteiger partial charge in [-0.15, -0.1) is 0 Å². The van der Waals surface area contributed by atoms with Crippen molar-refractivity contribution >= 4 is 17.8 Å². The van der Waals surface area contributed by atoms with Gasteiger partial charge in [0.05, 0.1) is 24.3 Å². The molecular formula is C26H21NO6. The van der Waals surface area contributed by atoms with Crippen LogP contribution in [0.15, 0.2) is 78.9 Å². The van der Waals surface area contributed by atoms with Gasteiger partial charge in [-0.05, 0) is 35.4 Å². The number of nitrogens with zero attached hydrogens (tertiary/aromatic N) is 1. The van der Waals surface area contributed by atoms with Crippen LogP contribution in [0.2, 0.25) is 0 Å². The molecule has 7 nitrogen and oxygen atoms in total. The van der Waals surface area contributed by atoms with Gasteiger partial charge in [-0.1, -0.05) is 54.6 Å². The summed E-state index contributed by atoms with van der Waals surface area (Å²) in [4.78, 5) is 40.0. The molecule has 0 radical (unpaired) electrons. The number of benzene rings is 3. The Morgan fingerprint density at radius 2 is 1.70 bits per heavy atom. The lowest BCUT2D eigenvalue weighted by Gasteiger charge is -2.24. The lowest BCUT2D eigenvalue weighted by Crippen LogP contribution is -2.41. The van der Waals surface area contributed by atoms with Crippen molar-refractivity contribution in [3.8, 4) is 5.75 Å². The molecule has 1 spiro atoms. The molecule has 0 bridgehead atoms. The van der Waals surface area contributed by atoms with Crippen molar-refractivity contribution < 1.29 is 28.6 Å². The maximum Gasteiger partial charge on any atom is 0.411 e. The highest BCUT2D eigenvalue weighted by Gasteiger charge is 2.73. The van der Waals surface area contributed by atoms with Gasteiger partial charge in [-0.25, -0.2) is 9.59 Å². The van der Waals surface area contributed by atoms with E-state index in [0.717, 1.165) is 5.56 Å². The molecule has 0 unspecified atom stereocenters. The maximum absolute atomic E-state index is 13.6. The van der Waals surface area contributed by atoms with Crippen molar-refractivity contribution in [1.29, 1.82) is 0 Å². The number of para-hydroxylation sites is 1. The number of amides is 1. The van der Waals surface area contributed by atoms with E-state index in [9.17, 15) is 14.4 Å². The summed E-state index contributed by atoms with van der Waals surface area (Å²) in [6.45, 7) is 0.110. The van der Waals surface area contributed by atoms with Crippen LogP contribution < -0.4 is 4.74 Å². The lowest BCUT2D eigenvalue weighted by atomic mass is 9.89. The fourth-order valence-electron chi connectivity index (χ4n) is 4.38. The van der Waals surface area contributed by atoms with E-state index in [-0.39, 0.29) is 19.0 Å². The summed E-state index contributed by atoms with van der Waals surface area (Å²) in [5.74, 6) is -0.155. The molecule has 33 heavy (non-hydrogen) atoms. The normalized spacial score (nSPS) is 20.6. The molecule has 0 aromatic heterocycles. The Bertz CT molecular complexity index is 1220. The highest BCUT2D eigenvalue weighted by Crippen LogP contribution is 2.57. The van der Waals surface area contributed by atoms with Gasteiger partial charge in [-0.2, -0.15) is 0 Å². The van der Waals surface area contributed by atoms with E-state index in [1.165, 1.54) is 12.0 Å². The van der Waals surface area contributed by atoms with Gasteiger partial charge in [0, 0.05) is 0 Å². The number of esters is 1. The summed E-state index contributed by atoms with van der Waals surface area (Å²) in [5, 5.41) is 0. The van der Waals surface area contributed by atoms with Crippen molar-refractivity contribution in [3.63, 3.8) is 0 Å². The number of Topliss-reactive ketones (excluding diaryl/α,β-unsaturated/α-hetero) is 1. The van der Waals surface area contributed by atoms with Crippen molar-refractivity contribution in [2.75, 3.05) is 13.7 Å². The quantitative estimate of drug-likeness (QED) is 0.445. The molecule has 1 amide bonds. The van der Waals surface area contributed by atoms with E-state index in [4.69, 9.17) is 14.2 Å². The minimum Gasteiger partial charge on any atom is -0.490 e. The third kappa shape index (κ3) is 3.42. The van der Waals surface area contributed by atoms with E-state index in [2.05, 4.69) is 0 Å². The fourth-order valence-corrected chi connectivity index (χ4v) is 4.38. The zero-order chi connectivity index (χ0) is 23.0. The van der Waals surface area contributed by atoms with Crippen LogP contribution >= 0.6 is 0 Å². The maximum atomic E-state index is 13.6. The Labute approximate surface area is 190 Å². The third-order valence-electron chi connectivity index (χ3n) is 6.09. The molecule has 2 aliphatic heterocycles. The van der Waals surface area contributed by atoms with Crippen LogP contribution in [0.3, 0.4) is 0 Å². The Morgan fingerprint density at radius 3 is 2.42 bits per heavy atom. The average Bonchev–Trinajstić information content (AvgIpc) is 3.54. The minimum atomic E-state index is -1.20. The van der Waals surface area contributed by atoms with Crippen LogP contribution in [0.1, 0.15) is 37.9 Å². The smallest absolute Gasteiger partial charge is 0.411 e. The first-order valence-corrected chi connectivity index (χ1v) is 10.5. The molecule has 2 heterocycles. The first-order valence-electron chi connectivity index (χ1n) is 10.5. The fraction of sp³-hybridized carbons (Fsp3) is 0.192. The van der Waals surface area contributed by atoms with E-state index in [0.29, 0.717) is 22.4 Å². The number of carbonyl (C=O) groups is 3. The third-order valence-corrected chi connectivity index (χ3v) is 6.09. The first-order chi connectivity index (χ1) is 16.1. The number of methoxy groups -OCH3 is 1. The number of hydrogen-bond donors (Lipinski definition) is 0. The highest BCUT2D eigenvalue weighted by atomic mass is 16.6. The van der Waals surface area contributed by atoms with Crippen molar-refractivity contribution in [2.24, 2.45) is 0 Å². The molecule has 0 saturated carbocycles. The highest BCUT2D eigenvalue weighted by molar-refractivity contribution is 6.11. The van der Waals surface area contributed by atoms with E-state index in [1.807, 2.05) is 30.3 Å². The number of fused-ring (bicyclic) bond motifs is 1. The average molecular weight is 443 g/mol. The molecule has 2 aliphatic rings. The summed E-state index contributed by atoms with van der Waals surface area (Å²) in [6.07, 6.45) is -0.600. The van der Waals surface area contributed by atoms with Crippen LogP contribution in [0, 0.1) is 0 Å². The molecule has 0 N–H and O–H groups in total. The van der Waals surface area contributed by atoms with Crippen LogP contribution in [-0.2, 0) is 16.1 Å². The van der Waals surface area contributed by atoms with Crippen LogP contribution in [0.25, 0.3) is 0 Å².